The predicted molar refractivity (Wildman–Crippen MR) is 95.4 cm³/mol. The van der Waals surface area contributed by atoms with Gasteiger partial charge in [0.1, 0.15) is 11.5 Å². The van der Waals surface area contributed by atoms with Crippen LogP contribution in [0.2, 0.25) is 0 Å². The van der Waals surface area contributed by atoms with Gasteiger partial charge in [-0.2, -0.15) is 0 Å². The molecule has 0 spiro atoms. The number of hydrogen-bond acceptors (Lipinski definition) is 4. The zero-order valence-corrected chi connectivity index (χ0v) is 13.5. The van der Waals surface area contributed by atoms with Crippen LogP contribution in [0.1, 0.15) is 20.8 Å². The Hall–Kier alpha value is -2.99. The molecule has 0 saturated heterocycles. The number of hydrogen-bond donors (Lipinski definition) is 2. The van der Waals surface area contributed by atoms with Crippen LogP contribution in [0.4, 0.5) is 5.82 Å². The zero-order chi connectivity index (χ0) is 16.4. The van der Waals surface area contributed by atoms with E-state index in [1.165, 1.54) is 16.9 Å². The molecular formula is C18H14N4OS. The lowest BCUT2D eigenvalue weighted by atomic mass is 10.1. The second-order valence-electron chi connectivity index (χ2n) is 5.37. The number of rotatable bonds is 4. The minimum absolute atomic E-state index is 0.132. The summed E-state index contributed by atoms with van der Waals surface area (Å²) in [4.78, 5) is 24.5. The number of amides is 1. The van der Waals surface area contributed by atoms with Gasteiger partial charge in [0, 0.05) is 30.4 Å². The molecule has 6 heteroatoms. The summed E-state index contributed by atoms with van der Waals surface area (Å²) in [6, 6.07) is 11.4. The van der Waals surface area contributed by atoms with Gasteiger partial charge in [-0.05, 0) is 40.8 Å². The van der Waals surface area contributed by atoms with Gasteiger partial charge in [0.2, 0.25) is 0 Å². The van der Waals surface area contributed by atoms with Gasteiger partial charge < -0.3 is 10.3 Å². The topological polar surface area (TPSA) is 70.7 Å². The summed E-state index contributed by atoms with van der Waals surface area (Å²) in [5.41, 5.74) is 3.14. The van der Waals surface area contributed by atoms with Gasteiger partial charge in [-0.3, -0.25) is 4.79 Å². The van der Waals surface area contributed by atoms with Gasteiger partial charge in [-0.15, -0.1) is 11.3 Å². The van der Waals surface area contributed by atoms with Crippen molar-refractivity contribution >= 4 is 34.1 Å². The summed E-state index contributed by atoms with van der Waals surface area (Å²) in [6.07, 6.45) is 6.30. The Balaban J connectivity index is 1.49. The number of nitrogens with zero attached hydrogens (tertiary/aromatic N) is 2. The smallest absolute Gasteiger partial charge is 0.266 e. The SMILES string of the molecule is O=C(Nc1ccc(Cc2c[nH]c3ncccc23)cn1)c1cccs1. The van der Waals surface area contributed by atoms with Crippen LogP contribution >= 0.6 is 11.3 Å². The summed E-state index contributed by atoms with van der Waals surface area (Å²) in [5.74, 6) is 0.422. The summed E-state index contributed by atoms with van der Waals surface area (Å²) >= 11 is 1.41. The van der Waals surface area contributed by atoms with Gasteiger partial charge in [0.25, 0.3) is 5.91 Å². The van der Waals surface area contributed by atoms with Crippen molar-refractivity contribution in [2.24, 2.45) is 0 Å². The Kier molecular flexibility index (Phi) is 3.80. The Morgan fingerprint density at radius 1 is 1.17 bits per heavy atom. The zero-order valence-electron chi connectivity index (χ0n) is 12.7. The van der Waals surface area contributed by atoms with E-state index in [4.69, 9.17) is 0 Å². The first-order valence-corrected chi connectivity index (χ1v) is 8.38. The average molecular weight is 334 g/mol. The van der Waals surface area contributed by atoms with E-state index in [2.05, 4.69) is 26.3 Å². The highest BCUT2D eigenvalue weighted by Gasteiger charge is 2.08. The maximum atomic E-state index is 12.0. The van der Waals surface area contributed by atoms with Crippen molar-refractivity contribution in [3.63, 3.8) is 0 Å². The summed E-state index contributed by atoms with van der Waals surface area (Å²) in [6.45, 7) is 0. The van der Waals surface area contributed by atoms with E-state index in [0.717, 1.165) is 23.0 Å². The van der Waals surface area contributed by atoms with E-state index in [0.29, 0.717) is 10.7 Å². The molecule has 2 N–H and O–H groups in total. The van der Waals surface area contributed by atoms with Crippen LogP contribution in [0.15, 0.2) is 60.4 Å². The van der Waals surface area contributed by atoms with Crippen molar-refractivity contribution in [3.05, 3.63) is 76.4 Å². The summed E-state index contributed by atoms with van der Waals surface area (Å²) < 4.78 is 0. The van der Waals surface area contributed by atoms with Crippen LogP contribution in [0.25, 0.3) is 11.0 Å². The van der Waals surface area contributed by atoms with E-state index in [-0.39, 0.29) is 5.91 Å². The van der Waals surface area contributed by atoms with Gasteiger partial charge in [0.15, 0.2) is 0 Å². The Morgan fingerprint density at radius 2 is 2.12 bits per heavy atom. The Labute approximate surface area is 142 Å². The first-order chi connectivity index (χ1) is 11.8. The molecule has 24 heavy (non-hydrogen) atoms. The molecule has 4 aromatic rings. The lowest BCUT2D eigenvalue weighted by Gasteiger charge is -2.04. The first-order valence-electron chi connectivity index (χ1n) is 7.50. The van der Waals surface area contributed by atoms with E-state index in [1.807, 2.05) is 35.8 Å². The highest BCUT2D eigenvalue weighted by molar-refractivity contribution is 7.12. The molecule has 1 amide bonds. The number of nitrogens with one attached hydrogen (secondary N) is 2. The number of aromatic amines is 1. The second-order valence-corrected chi connectivity index (χ2v) is 6.32. The molecule has 4 rings (SSSR count). The molecular weight excluding hydrogens is 320 g/mol. The molecule has 4 heterocycles. The fourth-order valence-electron chi connectivity index (χ4n) is 2.57. The average Bonchev–Trinajstić information content (AvgIpc) is 3.27. The van der Waals surface area contributed by atoms with Crippen molar-refractivity contribution in [1.82, 2.24) is 15.0 Å². The van der Waals surface area contributed by atoms with Gasteiger partial charge in [-0.1, -0.05) is 12.1 Å². The highest BCUT2D eigenvalue weighted by atomic mass is 32.1. The molecule has 0 aliphatic heterocycles. The van der Waals surface area contributed by atoms with Crippen molar-refractivity contribution in [1.29, 1.82) is 0 Å². The molecule has 0 unspecified atom stereocenters. The van der Waals surface area contributed by atoms with Crippen LogP contribution in [0, 0.1) is 0 Å². The van der Waals surface area contributed by atoms with Gasteiger partial charge in [0.05, 0.1) is 4.88 Å². The number of carbonyl (C=O) groups is 1. The number of anilines is 1. The van der Waals surface area contributed by atoms with E-state index in [9.17, 15) is 4.79 Å². The van der Waals surface area contributed by atoms with Crippen molar-refractivity contribution in [2.75, 3.05) is 5.32 Å². The minimum Gasteiger partial charge on any atom is -0.346 e. The number of H-pyrrole nitrogens is 1. The third kappa shape index (κ3) is 2.91. The quantitative estimate of drug-likeness (QED) is 0.595. The molecule has 0 radical (unpaired) electrons. The molecule has 0 aliphatic rings. The highest BCUT2D eigenvalue weighted by Crippen LogP contribution is 2.19. The maximum absolute atomic E-state index is 12.0. The fourth-order valence-corrected chi connectivity index (χ4v) is 3.19. The van der Waals surface area contributed by atoms with E-state index < -0.39 is 0 Å². The number of thiophene rings is 1. The maximum Gasteiger partial charge on any atom is 0.266 e. The predicted octanol–water partition coefficient (Wildman–Crippen LogP) is 3.86. The number of aromatic nitrogens is 3. The Morgan fingerprint density at radius 3 is 2.92 bits per heavy atom. The van der Waals surface area contributed by atoms with Crippen molar-refractivity contribution in [2.45, 2.75) is 6.42 Å². The molecule has 118 valence electrons. The summed E-state index contributed by atoms with van der Waals surface area (Å²) in [5, 5.41) is 5.80. The first kappa shape index (κ1) is 14.6. The van der Waals surface area contributed by atoms with E-state index in [1.54, 1.807) is 18.5 Å². The molecule has 0 saturated carbocycles. The lowest BCUT2D eigenvalue weighted by molar-refractivity contribution is 0.103. The van der Waals surface area contributed by atoms with Gasteiger partial charge in [-0.25, -0.2) is 9.97 Å². The van der Waals surface area contributed by atoms with Crippen LogP contribution in [-0.2, 0) is 6.42 Å². The largest absolute Gasteiger partial charge is 0.346 e. The number of pyridine rings is 2. The summed E-state index contributed by atoms with van der Waals surface area (Å²) in [7, 11) is 0. The third-order valence-corrected chi connectivity index (χ3v) is 4.61. The number of fused-ring (bicyclic) bond motifs is 1. The molecule has 0 atom stereocenters. The molecule has 0 aliphatic carbocycles. The van der Waals surface area contributed by atoms with Crippen molar-refractivity contribution < 1.29 is 4.79 Å². The fraction of sp³-hybridized carbons (Fsp3) is 0.0556. The van der Waals surface area contributed by atoms with Crippen LogP contribution in [0.3, 0.4) is 0 Å². The molecule has 5 nitrogen and oxygen atoms in total. The van der Waals surface area contributed by atoms with Crippen LogP contribution in [0.5, 0.6) is 0 Å². The minimum atomic E-state index is -0.132. The molecule has 0 fully saturated rings. The molecule has 0 aromatic carbocycles. The van der Waals surface area contributed by atoms with Crippen molar-refractivity contribution in [3.8, 4) is 0 Å². The lowest BCUT2D eigenvalue weighted by Crippen LogP contribution is -2.11. The number of carbonyl (C=O) groups excluding carboxylic acids is 1. The molecule has 4 aromatic heterocycles. The van der Waals surface area contributed by atoms with E-state index >= 15 is 0 Å². The second kappa shape index (κ2) is 6.25. The normalized spacial score (nSPS) is 10.8. The van der Waals surface area contributed by atoms with Crippen LogP contribution in [-0.4, -0.2) is 20.9 Å². The van der Waals surface area contributed by atoms with Crippen LogP contribution < -0.4 is 5.32 Å². The monoisotopic (exact) mass is 334 g/mol. The van der Waals surface area contributed by atoms with Gasteiger partial charge >= 0.3 is 0 Å². The standard InChI is InChI=1S/C18H14N4OS/c23-18(15-4-2-8-24-15)22-16-6-5-12(10-20-16)9-13-11-21-17-14(13)3-1-7-19-17/h1-8,10-11H,9H2,(H,19,21)(H,20,22,23). The third-order valence-electron chi connectivity index (χ3n) is 3.74. The Bertz CT molecular complexity index is 974. The molecule has 0 bridgehead atoms.